The van der Waals surface area contributed by atoms with E-state index in [1.165, 1.54) is 16.4 Å². The fourth-order valence-corrected chi connectivity index (χ4v) is 4.39. The van der Waals surface area contributed by atoms with Gasteiger partial charge in [0.25, 0.3) is 5.91 Å². The van der Waals surface area contributed by atoms with E-state index in [1.807, 2.05) is 0 Å². The maximum Gasteiger partial charge on any atom is 0.262 e. The molecule has 3 rings (SSSR count). The summed E-state index contributed by atoms with van der Waals surface area (Å²) in [6, 6.07) is 12.9. The van der Waals surface area contributed by atoms with Crippen LogP contribution in [-0.4, -0.2) is 38.3 Å². The number of halogens is 1. The van der Waals surface area contributed by atoms with Crippen LogP contribution in [0.3, 0.4) is 0 Å². The molecule has 1 N–H and O–H groups in total. The highest BCUT2D eigenvalue weighted by Gasteiger charge is 2.26. The number of ether oxygens (including phenoxy) is 1. The van der Waals surface area contributed by atoms with Gasteiger partial charge in [-0.15, -0.1) is 0 Å². The van der Waals surface area contributed by atoms with Crippen LogP contribution in [0.1, 0.15) is 12.8 Å². The number of sulfonamides is 1. The summed E-state index contributed by atoms with van der Waals surface area (Å²) >= 11 is 5.86. The quantitative estimate of drug-likeness (QED) is 0.816. The fraction of sp³-hybridized carbons (Fsp3) is 0.278. The molecule has 0 bridgehead atoms. The Balaban J connectivity index is 1.57. The van der Waals surface area contributed by atoms with Gasteiger partial charge >= 0.3 is 0 Å². The summed E-state index contributed by atoms with van der Waals surface area (Å²) in [7, 11) is -3.45. The van der Waals surface area contributed by atoms with E-state index < -0.39 is 10.0 Å². The van der Waals surface area contributed by atoms with E-state index in [-0.39, 0.29) is 17.4 Å². The van der Waals surface area contributed by atoms with Gasteiger partial charge in [-0.1, -0.05) is 17.7 Å². The van der Waals surface area contributed by atoms with Crippen LogP contribution < -0.4 is 10.1 Å². The molecule has 1 fully saturated rings. The smallest absolute Gasteiger partial charge is 0.262 e. The lowest BCUT2D eigenvalue weighted by molar-refractivity contribution is -0.118. The van der Waals surface area contributed by atoms with Crippen LogP contribution in [-0.2, 0) is 14.8 Å². The number of carbonyl (C=O) groups excluding carboxylic acids is 1. The molecule has 0 spiro atoms. The zero-order chi connectivity index (χ0) is 18.6. The van der Waals surface area contributed by atoms with Crippen molar-refractivity contribution in [2.24, 2.45) is 0 Å². The molecule has 2 aromatic carbocycles. The largest absolute Gasteiger partial charge is 0.484 e. The summed E-state index contributed by atoms with van der Waals surface area (Å²) in [5.74, 6) is 0.153. The normalized spacial score (nSPS) is 15.0. The molecule has 0 saturated carbocycles. The lowest BCUT2D eigenvalue weighted by Crippen LogP contribution is -2.27. The third kappa shape index (κ3) is 4.55. The SMILES string of the molecule is O=C(COc1cccc(Cl)c1)Nc1ccc(S(=O)(=O)N2CCCC2)cc1. The summed E-state index contributed by atoms with van der Waals surface area (Å²) in [4.78, 5) is 12.2. The average molecular weight is 395 g/mol. The molecular weight excluding hydrogens is 376 g/mol. The molecule has 8 heteroatoms. The lowest BCUT2D eigenvalue weighted by Gasteiger charge is -2.15. The molecule has 1 aliphatic rings. The number of rotatable bonds is 6. The second kappa shape index (κ2) is 8.07. The Morgan fingerprint density at radius 1 is 1.12 bits per heavy atom. The zero-order valence-electron chi connectivity index (χ0n) is 14.0. The molecule has 1 aliphatic heterocycles. The first-order valence-electron chi connectivity index (χ1n) is 8.23. The number of hydrogen-bond donors (Lipinski definition) is 1. The van der Waals surface area contributed by atoms with E-state index in [2.05, 4.69) is 5.32 Å². The third-order valence-electron chi connectivity index (χ3n) is 4.01. The van der Waals surface area contributed by atoms with Gasteiger partial charge in [-0.3, -0.25) is 4.79 Å². The van der Waals surface area contributed by atoms with Gasteiger partial charge in [-0.05, 0) is 55.3 Å². The maximum absolute atomic E-state index is 12.5. The molecule has 6 nitrogen and oxygen atoms in total. The summed E-state index contributed by atoms with van der Waals surface area (Å²) in [6.45, 7) is 0.942. The molecule has 1 amide bonds. The van der Waals surface area contributed by atoms with E-state index >= 15 is 0 Å². The molecular formula is C18H19ClN2O4S. The van der Waals surface area contributed by atoms with Gasteiger partial charge < -0.3 is 10.1 Å². The first kappa shape index (κ1) is 18.7. The van der Waals surface area contributed by atoms with Crippen molar-refractivity contribution in [1.29, 1.82) is 0 Å². The van der Waals surface area contributed by atoms with Crippen LogP contribution in [0.4, 0.5) is 5.69 Å². The monoisotopic (exact) mass is 394 g/mol. The number of hydrogen-bond acceptors (Lipinski definition) is 4. The van der Waals surface area contributed by atoms with Crippen molar-refractivity contribution in [3.63, 3.8) is 0 Å². The van der Waals surface area contributed by atoms with Gasteiger partial charge in [-0.2, -0.15) is 4.31 Å². The second-order valence-corrected chi connectivity index (χ2v) is 8.30. The van der Waals surface area contributed by atoms with Crippen LogP contribution in [0.15, 0.2) is 53.4 Å². The van der Waals surface area contributed by atoms with Gasteiger partial charge in [0.1, 0.15) is 5.75 Å². The first-order valence-corrected chi connectivity index (χ1v) is 10.1. The maximum atomic E-state index is 12.5. The Kier molecular flexibility index (Phi) is 5.80. The number of nitrogens with zero attached hydrogens (tertiary/aromatic N) is 1. The average Bonchev–Trinajstić information content (AvgIpc) is 3.16. The van der Waals surface area contributed by atoms with Gasteiger partial charge in [0, 0.05) is 23.8 Å². The minimum Gasteiger partial charge on any atom is -0.484 e. The summed E-state index contributed by atoms with van der Waals surface area (Å²) < 4.78 is 31.8. The summed E-state index contributed by atoms with van der Waals surface area (Å²) in [5.41, 5.74) is 0.505. The predicted molar refractivity (Wildman–Crippen MR) is 100 cm³/mol. The minimum atomic E-state index is -3.45. The van der Waals surface area contributed by atoms with Crippen molar-refractivity contribution in [2.45, 2.75) is 17.7 Å². The molecule has 2 aromatic rings. The topological polar surface area (TPSA) is 75.7 Å². The van der Waals surface area contributed by atoms with Gasteiger partial charge in [0.15, 0.2) is 6.61 Å². The minimum absolute atomic E-state index is 0.172. The van der Waals surface area contributed by atoms with Crippen molar-refractivity contribution in [3.05, 3.63) is 53.6 Å². The molecule has 1 saturated heterocycles. The van der Waals surface area contributed by atoms with Crippen molar-refractivity contribution < 1.29 is 17.9 Å². The van der Waals surface area contributed by atoms with Crippen LogP contribution in [0, 0.1) is 0 Å². The zero-order valence-corrected chi connectivity index (χ0v) is 15.6. The molecule has 0 radical (unpaired) electrons. The molecule has 0 atom stereocenters. The third-order valence-corrected chi connectivity index (χ3v) is 6.15. The molecule has 0 aromatic heterocycles. The predicted octanol–water partition coefficient (Wildman–Crippen LogP) is 3.14. The Hall–Kier alpha value is -2.09. The van der Waals surface area contributed by atoms with E-state index in [9.17, 15) is 13.2 Å². The highest BCUT2D eigenvalue weighted by atomic mass is 35.5. The van der Waals surface area contributed by atoms with Crippen LogP contribution in [0.5, 0.6) is 5.75 Å². The summed E-state index contributed by atoms with van der Waals surface area (Å²) in [5, 5.41) is 3.20. The van der Waals surface area contributed by atoms with Crippen LogP contribution in [0.2, 0.25) is 5.02 Å². The Labute approximate surface area is 157 Å². The van der Waals surface area contributed by atoms with E-state index in [1.54, 1.807) is 36.4 Å². The second-order valence-electron chi connectivity index (χ2n) is 5.93. The van der Waals surface area contributed by atoms with E-state index in [0.717, 1.165) is 12.8 Å². The van der Waals surface area contributed by atoms with Crippen LogP contribution >= 0.6 is 11.6 Å². The number of benzene rings is 2. The first-order chi connectivity index (χ1) is 12.4. The molecule has 138 valence electrons. The number of amides is 1. The van der Waals surface area contributed by atoms with Gasteiger partial charge in [0.05, 0.1) is 4.90 Å². The van der Waals surface area contributed by atoms with Crippen molar-refractivity contribution in [1.82, 2.24) is 4.31 Å². The van der Waals surface area contributed by atoms with Gasteiger partial charge in [0.2, 0.25) is 10.0 Å². The number of anilines is 1. The fourth-order valence-electron chi connectivity index (χ4n) is 2.69. The van der Waals surface area contributed by atoms with E-state index in [4.69, 9.17) is 16.3 Å². The number of carbonyl (C=O) groups is 1. The molecule has 0 aliphatic carbocycles. The van der Waals surface area contributed by atoms with E-state index in [0.29, 0.717) is 29.5 Å². The van der Waals surface area contributed by atoms with Crippen LogP contribution in [0.25, 0.3) is 0 Å². The highest BCUT2D eigenvalue weighted by Crippen LogP contribution is 2.22. The Morgan fingerprint density at radius 3 is 2.46 bits per heavy atom. The molecule has 0 unspecified atom stereocenters. The Bertz CT molecular complexity index is 878. The van der Waals surface area contributed by atoms with Crippen molar-refractivity contribution in [3.8, 4) is 5.75 Å². The number of nitrogens with one attached hydrogen (secondary N) is 1. The summed E-state index contributed by atoms with van der Waals surface area (Å²) in [6.07, 6.45) is 1.78. The van der Waals surface area contributed by atoms with Gasteiger partial charge in [-0.25, -0.2) is 8.42 Å². The standard InChI is InChI=1S/C18H19ClN2O4S/c19-14-4-3-5-16(12-14)25-13-18(22)20-15-6-8-17(9-7-15)26(23,24)21-10-1-2-11-21/h3-9,12H,1-2,10-11,13H2,(H,20,22). The molecule has 1 heterocycles. The lowest BCUT2D eigenvalue weighted by atomic mass is 10.3. The molecule has 26 heavy (non-hydrogen) atoms. The highest BCUT2D eigenvalue weighted by molar-refractivity contribution is 7.89. The Morgan fingerprint density at radius 2 is 1.81 bits per heavy atom. The van der Waals surface area contributed by atoms with Crippen molar-refractivity contribution >= 4 is 33.2 Å². The van der Waals surface area contributed by atoms with Crippen molar-refractivity contribution in [2.75, 3.05) is 25.0 Å².